The second-order valence-corrected chi connectivity index (χ2v) is 4.83. The lowest BCUT2D eigenvalue weighted by atomic mass is 10.0. The fourth-order valence-electron chi connectivity index (χ4n) is 1.96. The number of nitrogens with one attached hydrogen (secondary N) is 1. The van der Waals surface area contributed by atoms with E-state index in [9.17, 15) is 9.90 Å². The molecule has 0 aliphatic carbocycles. The molecule has 1 amide bonds. The number of carbonyl (C=O) groups excluding carboxylic acids is 1. The van der Waals surface area contributed by atoms with Crippen LogP contribution in [0.5, 0.6) is 5.75 Å². The van der Waals surface area contributed by atoms with E-state index in [-0.39, 0.29) is 17.9 Å². The standard InChI is InChI=1S/C15H23NO3/c1-4-19-14-8-6-5-7-13(14)15(18)16-10-11(2)9-12(3)17/h5-8,11-12,17H,4,9-10H2,1-3H3,(H,16,18). The van der Waals surface area contributed by atoms with Crippen LogP contribution in [0.25, 0.3) is 0 Å². The van der Waals surface area contributed by atoms with Gasteiger partial charge in [0.2, 0.25) is 0 Å². The van der Waals surface area contributed by atoms with Crippen LogP contribution < -0.4 is 10.1 Å². The van der Waals surface area contributed by atoms with Crippen LogP contribution in [0.15, 0.2) is 24.3 Å². The zero-order valence-electron chi connectivity index (χ0n) is 11.8. The highest BCUT2D eigenvalue weighted by Crippen LogP contribution is 2.17. The molecular formula is C15H23NO3. The first kappa shape index (κ1) is 15.5. The first-order valence-corrected chi connectivity index (χ1v) is 6.72. The summed E-state index contributed by atoms with van der Waals surface area (Å²) in [6.07, 6.45) is 0.329. The lowest BCUT2D eigenvalue weighted by molar-refractivity contribution is 0.0935. The van der Waals surface area contributed by atoms with Crippen LogP contribution in [0.2, 0.25) is 0 Å². The number of benzene rings is 1. The SMILES string of the molecule is CCOc1ccccc1C(=O)NCC(C)CC(C)O. The molecule has 2 N–H and O–H groups in total. The van der Waals surface area contributed by atoms with Crippen molar-refractivity contribution in [2.45, 2.75) is 33.3 Å². The van der Waals surface area contributed by atoms with Gasteiger partial charge in [-0.2, -0.15) is 0 Å². The molecule has 0 saturated heterocycles. The summed E-state index contributed by atoms with van der Waals surface area (Å²) in [6.45, 7) is 6.72. The second kappa shape index (κ2) is 7.79. The highest BCUT2D eigenvalue weighted by atomic mass is 16.5. The van der Waals surface area contributed by atoms with Crippen LogP contribution in [-0.4, -0.2) is 30.3 Å². The smallest absolute Gasteiger partial charge is 0.255 e. The number of aliphatic hydroxyl groups is 1. The van der Waals surface area contributed by atoms with Gasteiger partial charge in [0.15, 0.2) is 0 Å². The van der Waals surface area contributed by atoms with Crippen molar-refractivity contribution in [3.05, 3.63) is 29.8 Å². The fraction of sp³-hybridized carbons (Fsp3) is 0.533. The Hall–Kier alpha value is -1.55. The third kappa shape index (κ3) is 5.30. The van der Waals surface area contributed by atoms with Crippen molar-refractivity contribution >= 4 is 5.91 Å². The van der Waals surface area contributed by atoms with Crippen LogP contribution in [0, 0.1) is 5.92 Å². The van der Waals surface area contributed by atoms with Gasteiger partial charge in [-0.05, 0) is 38.3 Å². The second-order valence-electron chi connectivity index (χ2n) is 4.83. The number of aliphatic hydroxyl groups excluding tert-OH is 1. The quantitative estimate of drug-likeness (QED) is 0.794. The van der Waals surface area contributed by atoms with E-state index in [4.69, 9.17) is 4.74 Å². The van der Waals surface area contributed by atoms with E-state index in [1.807, 2.05) is 26.0 Å². The summed E-state index contributed by atoms with van der Waals surface area (Å²) in [4.78, 5) is 12.1. The number of carbonyl (C=O) groups is 1. The molecule has 4 heteroatoms. The molecule has 4 nitrogen and oxygen atoms in total. The molecule has 0 radical (unpaired) electrons. The third-order valence-electron chi connectivity index (χ3n) is 2.79. The molecule has 19 heavy (non-hydrogen) atoms. The predicted molar refractivity (Wildman–Crippen MR) is 75.4 cm³/mol. The highest BCUT2D eigenvalue weighted by Gasteiger charge is 2.13. The molecule has 1 aromatic carbocycles. The Bertz CT molecular complexity index is 404. The lowest BCUT2D eigenvalue weighted by Gasteiger charge is -2.15. The van der Waals surface area contributed by atoms with E-state index in [0.717, 1.165) is 0 Å². The molecule has 0 spiro atoms. The number of para-hydroxylation sites is 1. The van der Waals surface area contributed by atoms with E-state index in [1.165, 1.54) is 0 Å². The summed E-state index contributed by atoms with van der Waals surface area (Å²) in [7, 11) is 0. The Morgan fingerprint density at radius 3 is 2.68 bits per heavy atom. The van der Waals surface area contributed by atoms with E-state index >= 15 is 0 Å². The summed E-state index contributed by atoms with van der Waals surface area (Å²) >= 11 is 0. The molecule has 0 heterocycles. The normalized spacial score (nSPS) is 13.7. The minimum absolute atomic E-state index is 0.138. The predicted octanol–water partition coefficient (Wildman–Crippen LogP) is 2.22. The van der Waals surface area contributed by atoms with Gasteiger partial charge in [0.05, 0.1) is 18.3 Å². The van der Waals surface area contributed by atoms with E-state index < -0.39 is 0 Å². The first-order chi connectivity index (χ1) is 9.04. The van der Waals surface area contributed by atoms with Crippen molar-refractivity contribution in [1.29, 1.82) is 0 Å². The molecule has 0 bridgehead atoms. The Kier molecular flexibility index (Phi) is 6.36. The number of hydrogen-bond donors (Lipinski definition) is 2. The maximum atomic E-state index is 12.1. The highest BCUT2D eigenvalue weighted by molar-refractivity contribution is 5.96. The van der Waals surface area contributed by atoms with Crippen LogP contribution in [0.4, 0.5) is 0 Å². The van der Waals surface area contributed by atoms with Gasteiger partial charge in [0, 0.05) is 6.54 Å². The molecule has 1 aromatic rings. The van der Waals surface area contributed by atoms with Gasteiger partial charge in [-0.15, -0.1) is 0 Å². The van der Waals surface area contributed by atoms with Gasteiger partial charge in [-0.3, -0.25) is 4.79 Å². The van der Waals surface area contributed by atoms with Crippen LogP contribution in [-0.2, 0) is 0 Å². The van der Waals surface area contributed by atoms with Crippen molar-refractivity contribution in [3.63, 3.8) is 0 Å². The van der Waals surface area contributed by atoms with Gasteiger partial charge >= 0.3 is 0 Å². The summed E-state index contributed by atoms with van der Waals surface area (Å²) < 4.78 is 5.43. The maximum Gasteiger partial charge on any atom is 0.255 e. The van der Waals surface area contributed by atoms with Crippen molar-refractivity contribution in [2.24, 2.45) is 5.92 Å². The van der Waals surface area contributed by atoms with Crippen LogP contribution in [0.3, 0.4) is 0 Å². The molecule has 0 fully saturated rings. The van der Waals surface area contributed by atoms with Crippen LogP contribution in [0.1, 0.15) is 37.6 Å². The van der Waals surface area contributed by atoms with E-state index in [0.29, 0.717) is 30.9 Å². The Morgan fingerprint density at radius 1 is 1.37 bits per heavy atom. The number of rotatable bonds is 7. The van der Waals surface area contributed by atoms with E-state index in [2.05, 4.69) is 5.32 Å². The van der Waals surface area contributed by atoms with Gasteiger partial charge < -0.3 is 15.2 Å². The van der Waals surface area contributed by atoms with Crippen LogP contribution >= 0.6 is 0 Å². The minimum atomic E-state index is -0.345. The number of amides is 1. The molecule has 0 aliphatic rings. The summed E-state index contributed by atoms with van der Waals surface area (Å²) in [5, 5.41) is 12.2. The Morgan fingerprint density at radius 2 is 2.05 bits per heavy atom. The largest absolute Gasteiger partial charge is 0.493 e. The van der Waals surface area contributed by atoms with Gasteiger partial charge in [0.1, 0.15) is 5.75 Å². The summed E-state index contributed by atoms with van der Waals surface area (Å²) in [5.74, 6) is 0.704. The number of hydrogen-bond acceptors (Lipinski definition) is 3. The van der Waals surface area contributed by atoms with Gasteiger partial charge in [0.25, 0.3) is 5.91 Å². The molecular weight excluding hydrogens is 242 g/mol. The van der Waals surface area contributed by atoms with Gasteiger partial charge in [-0.1, -0.05) is 19.1 Å². The average molecular weight is 265 g/mol. The van der Waals surface area contributed by atoms with Crippen molar-refractivity contribution < 1.29 is 14.6 Å². The average Bonchev–Trinajstić information content (AvgIpc) is 2.36. The zero-order chi connectivity index (χ0) is 14.3. The summed E-state index contributed by atoms with van der Waals surface area (Å²) in [5.41, 5.74) is 0.550. The van der Waals surface area contributed by atoms with Gasteiger partial charge in [-0.25, -0.2) is 0 Å². The molecule has 0 aromatic heterocycles. The maximum absolute atomic E-state index is 12.1. The number of ether oxygens (including phenoxy) is 1. The lowest BCUT2D eigenvalue weighted by Crippen LogP contribution is -2.29. The molecule has 106 valence electrons. The van der Waals surface area contributed by atoms with Crippen molar-refractivity contribution in [3.8, 4) is 5.75 Å². The minimum Gasteiger partial charge on any atom is -0.493 e. The van der Waals surface area contributed by atoms with E-state index in [1.54, 1.807) is 19.1 Å². The Balaban J connectivity index is 2.58. The molecule has 1 rings (SSSR count). The Labute approximate surface area is 114 Å². The fourth-order valence-corrected chi connectivity index (χ4v) is 1.96. The third-order valence-corrected chi connectivity index (χ3v) is 2.79. The van der Waals surface area contributed by atoms with Crippen molar-refractivity contribution in [1.82, 2.24) is 5.32 Å². The zero-order valence-corrected chi connectivity index (χ0v) is 11.8. The topological polar surface area (TPSA) is 58.6 Å². The summed E-state index contributed by atoms with van der Waals surface area (Å²) in [6, 6.07) is 7.20. The monoisotopic (exact) mass is 265 g/mol. The molecule has 2 unspecified atom stereocenters. The first-order valence-electron chi connectivity index (χ1n) is 6.72. The molecule has 0 aliphatic heterocycles. The molecule has 2 atom stereocenters. The van der Waals surface area contributed by atoms with Crippen molar-refractivity contribution in [2.75, 3.05) is 13.2 Å². The molecule has 0 saturated carbocycles.